The van der Waals surface area contributed by atoms with Gasteiger partial charge in [-0.25, -0.2) is 0 Å². The Morgan fingerprint density at radius 1 is 1.43 bits per heavy atom. The minimum atomic E-state index is 0.292. The molecule has 1 aromatic heterocycles. The van der Waals surface area contributed by atoms with Crippen molar-refractivity contribution in [3.63, 3.8) is 0 Å². The number of nitrogens with zero attached hydrogens (tertiary/aromatic N) is 2. The van der Waals surface area contributed by atoms with Crippen LogP contribution in [0.1, 0.15) is 38.4 Å². The molecule has 0 saturated carbocycles. The van der Waals surface area contributed by atoms with E-state index in [0.29, 0.717) is 5.54 Å². The van der Waals surface area contributed by atoms with Crippen LogP contribution in [0, 0.1) is 0 Å². The lowest BCUT2D eigenvalue weighted by molar-refractivity contribution is 0.113. The Morgan fingerprint density at radius 3 is 2.86 bits per heavy atom. The molecule has 0 atom stereocenters. The van der Waals surface area contributed by atoms with E-state index in [2.05, 4.69) is 36.7 Å². The second-order valence-corrected chi connectivity index (χ2v) is 4.63. The monoisotopic (exact) mass is 190 g/mol. The van der Waals surface area contributed by atoms with Crippen LogP contribution in [-0.4, -0.2) is 15.4 Å². The molecule has 14 heavy (non-hydrogen) atoms. The molecule has 2 rings (SSSR count). The summed E-state index contributed by atoms with van der Waals surface area (Å²) in [5.74, 6) is 0. The molecule has 0 saturated heterocycles. The van der Waals surface area contributed by atoms with E-state index in [9.17, 15) is 0 Å². The lowest BCUT2D eigenvalue weighted by Crippen LogP contribution is -2.39. The Balaban J connectivity index is 2.19. The zero-order valence-electron chi connectivity index (χ0n) is 9.25. The van der Waals surface area contributed by atoms with E-state index in [-0.39, 0.29) is 0 Å². The van der Waals surface area contributed by atoms with Gasteiger partial charge in [-0.15, -0.1) is 0 Å². The maximum absolute atomic E-state index is 4.42. The Bertz CT molecular complexity index is 306. The Morgan fingerprint density at radius 2 is 2.21 bits per heavy atom. The average Bonchev–Trinajstić information content (AvgIpc) is 2.61. The number of hydrogen-bond donors (Lipinski definition) is 0. The Kier molecular flexibility index (Phi) is 2.31. The van der Waals surface area contributed by atoms with Gasteiger partial charge in [-0.1, -0.05) is 13.0 Å². The predicted octanol–water partition coefficient (Wildman–Crippen LogP) is 2.59. The summed E-state index contributed by atoms with van der Waals surface area (Å²) >= 11 is 0. The largest absolute Gasteiger partial charge is 0.288 e. The second-order valence-electron chi connectivity index (χ2n) is 4.63. The average molecular weight is 190 g/mol. The van der Waals surface area contributed by atoms with Crippen molar-refractivity contribution in [1.29, 1.82) is 0 Å². The van der Waals surface area contributed by atoms with Crippen molar-refractivity contribution >= 4 is 0 Å². The summed E-state index contributed by atoms with van der Waals surface area (Å²) < 4.78 is 0. The third-order valence-electron chi connectivity index (χ3n) is 3.41. The number of aromatic nitrogens is 1. The fraction of sp³-hybridized carbons (Fsp3) is 0.583. The summed E-state index contributed by atoms with van der Waals surface area (Å²) in [7, 11) is 0. The van der Waals surface area contributed by atoms with Gasteiger partial charge < -0.3 is 0 Å². The van der Waals surface area contributed by atoms with Crippen molar-refractivity contribution in [2.45, 2.75) is 45.8 Å². The van der Waals surface area contributed by atoms with Gasteiger partial charge in [0.05, 0.1) is 5.69 Å². The summed E-state index contributed by atoms with van der Waals surface area (Å²) in [6.07, 6.45) is 3.07. The molecule has 2 heterocycles. The molecule has 76 valence electrons. The molecular weight excluding hydrogens is 172 g/mol. The number of fused-ring (bicyclic) bond motifs is 1. The predicted molar refractivity (Wildman–Crippen MR) is 57.9 cm³/mol. The fourth-order valence-electron chi connectivity index (χ4n) is 1.85. The molecule has 1 aromatic rings. The van der Waals surface area contributed by atoms with Gasteiger partial charge in [0.1, 0.15) is 0 Å². The van der Waals surface area contributed by atoms with Crippen LogP contribution in [0.25, 0.3) is 0 Å². The summed E-state index contributed by atoms with van der Waals surface area (Å²) in [5.41, 5.74) is 2.95. The van der Waals surface area contributed by atoms with Crippen LogP contribution >= 0.6 is 0 Å². The highest BCUT2D eigenvalue weighted by molar-refractivity contribution is 5.24. The van der Waals surface area contributed by atoms with Crippen LogP contribution < -0.4 is 0 Å². The van der Waals surface area contributed by atoms with Crippen LogP contribution in [0.3, 0.4) is 0 Å². The molecule has 1 aliphatic rings. The molecule has 0 N–H and O–H groups in total. The Labute approximate surface area is 86.0 Å². The molecule has 0 bridgehead atoms. The zero-order valence-corrected chi connectivity index (χ0v) is 9.25. The molecule has 0 aromatic carbocycles. The molecule has 0 aliphatic carbocycles. The summed E-state index contributed by atoms with van der Waals surface area (Å²) in [6, 6.07) is 4.22. The fourth-order valence-corrected chi connectivity index (χ4v) is 1.85. The lowest BCUT2D eigenvalue weighted by Gasteiger charge is -2.34. The van der Waals surface area contributed by atoms with E-state index >= 15 is 0 Å². The first kappa shape index (κ1) is 9.66. The van der Waals surface area contributed by atoms with E-state index in [1.807, 2.05) is 12.3 Å². The van der Waals surface area contributed by atoms with E-state index in [1.165, 1.54) is 17.7 Å². The van der Waals surface area contributed by atoms with Crippen molar-refractivity contribution in [2.24, 2.45) is 0 Å². The quantitative estimate of drug-likeness (QED) is 0.712. The molecule has 2 nitrogen and oxygen atoms in total. The number of pyridine rings is 1. The van der Waals surface area contributed by atoms with E-state index in [1.54, 1.807) is 0 Å². The highest BCUT2D eigenvalue weighted by Crippen LogP contribution is 2.29. The summed E-state index contributed by atoms with van der Waals surface area (Å²) in [5, 5.41) is 0. The van der Waals surface area contributed by atoms with Crippen molar-refractivity contribution < 1.29 is 0 Å². The van der Waals surface area contributed by atoms with Gasteiger partial charge in [0.2, 0.25) is 0 Å². The van der Waals surface area contributed by atoms with Crippen molar-refractivity contribution in [3.8, 4) is 0 Å². The van der Waals surface area contributed by atoms with E-state index in [4.69, 9.17) is 0 Å². The highest BCUT2D eigenvalue weighted by atomic mass is 15.2. The standard InChI is InChI=1S/C12H18N2/c1-4-12(2,3)14-8-10-6-5-7-13-11(10)9-14/h5-7H,4,8-9H2,1-3H3. The molecule has 1 aliphatic heterocycles. The van der Waals surface area contributed by atoms with Gasteiger partial charge >= 0.3 is 0 Å². The molecule has 0 unspecified atom stereocenters. The maximum Gasteiger partial charge on any atom is 0.0589 e. The van der Waals surface area contributed by atoms with Gasteiger partial charge in [0, 0.05) is 24.8 Å². The maximum atomic E-state index is 4.42. The first-order chi connectivity index (χ1) is 6.63. The van der Waals surface area contributed by atoms with Gasteiger partial charge in [-0.05, 0) is 31.9 Å². The number of hydrogen-bond acceptors (Lipinski definition) is 2. The van der Waals surface area contributed by atoms with Gasteiger partial charge in [0.25, 0.3) is 0 Å². The van der Waals surface area contributed by atoms with Crippen LogP contribution in [0.5, 0.6) is 0 Å². The summed E-state index contributed by atoms with van der Waals surface area (Å²) in [6.45, 7) is 8.93. The normalized spacial score (nSPS) is 17.1. The van der Waals surface area contributed by atoms with Crippen LogP contribution in [0.4, 0.5) is 0 Å². The minimum Gasteiger partial charge on any atom is -0.288 e. The van der Waals surface area contributed by atoms with Gasteiger partial charge in [0.15, 0.2) is 0 Å². The van der Waals surface area contributed by atoms with Crippen LogP contribution in [-0.2, 0) is 13.1 Å². The number of rotatable bonds is 2. The SMILES string of the molecule is CCC(C)(C)N1Cc2cccnc2C1. The lowest BCUT2D eigenvalue weighted by atomic mass is 10.00. The molecule has 0 amide bonds. The van der Waals surface area contributed by atoms with Gasteiger partial charge in [-0.3, -0.25) is 9.88 Å². The highest BCUT2D eigenvalue weighted by Gasteiger charge is 2.30. The topological polar surface area (TPSA) is 16.1 Å². The van der Waals surface area contributed by atoms with Crippen LogP contribution in [0.2, 0.25) is 0 Å². The van der Waals surface area contributed by atoms with Gasteiger partial charge in [-0.2, -0.15) is 0 Å². The summed E-state index contributed by atoms with van der Waals surface area (Å²) in [4.78, 5) is 6.92. The minimum absolute atomic E-state index is 0.292. The molecular formula is C12H18N2. The first-order valence-electron chi connectivity index (χ1n) is 5.31. The zero-order chi connectivity index (χ0) is 10.2. The third kappa shape index (κ3) is 1.55. The van der Waals surface area contributed by atoms with E-state index < -0.39 is 0 Å². The smallest absolute Gasteiger partial charge is 0.0589 e. The molecule has 0 fully saturated rings. The van der Waals surface area contributed by atoms with E-state index in [0.717, 1.165) is 13.1 Å². The molecule has 0 spiro atoms. The van der Waals surface area contributed by atoms with Crippen LogP contribution in [0.15, 0.2) is 18.3 Å². The molecule has 0 radical (unpaired) electrons. The second kappa shape index (κ2) is 3.35. The molecule has 2 heteroatoms. The van der Waals surface area contributed by atoms with Crippen molar-refractivity contribution in [1.82, 2.24) is 9.88 Å². The van der Waals surface area contributed by atoms with Crippen molar-refractivity contribution in [3.05, 3.63) is 29.6 Å². The Hall–Kier alpha value is -0.890. The first-order valence-corrected chi connectivity index (χ1v) is 5.31. The third-order valence-corrected chi connectivity index (χ3v) is 3.41. The van der Waals surface area contributed by atoms with Crippen molar-refractivity contribution in [2.75, 3.05) is 0 Å².